The van der Waals surface area contributed by atoms with E-state index in [9.17, 15) is 9.59 Å². The second kappa shape index (κ2) is 9.14. The number of halogens is 2. The topological polar surface area (TPSA) is 75.2 Å². The van der Waals surface area contributed by atoms with Crippen LogP contribution in [-0.4, -0.2) is 22.3 Å². The molecule has 0 saturated heterocycles. The molecule has 2 amide bonds. The van der Waals surface area contributed by atoms with E-state index in [0.717, 1.165) is 15.4 Å². The van der Waals surface area contributed by atoms with Gasteiger partial charge in [0.05, 0.1) is 28.8 Å². The molecule has 6 nitrogen and oxygen atoms in total. The molecule has 0 saturated carbocycles. The summed E-state index contributed by atoms with van der Waals surface area (Å²) in [5.41, 5.74) is 1.60. The van der Waals surface area contributed by atoms with Crippen molar-refractivity contribution in [3.05, 3.63) is 73.9 Å². The van der Waals surface area contributed by atoms with Crippen molar-refractivity contribution in [3.63, 3.8) is 0 Å². The lowest BCUT2D eigenvalue weighted by Gasteiger charge is -2.19. The van der Waals surface area contributed by atoms with Gasteiger partial charge in [0.25, 0.3) is 5.91 Å². The van der Waals surface area contributed by atoms with Gasteiger partial charge >= 0.3 is 0 Å². The van der Waals surface area contributed by atoms with E-state index in [-0.39, 0.29) is 12.5 Å². The molecule has 2 aromatic heterocycles. The molecule has 3 rings (SSSR count). The number of amides is 2. The Labute approximate surface area is 176 Å². The molecule has 0 unspecified atom stereocenters. The van der Waals surface area contributed by atoms with Gasteiger partial charge in [0, 0.05) is 22.3 Å². The molecular formula is C19H16Cl2N4O2S. The van der Waals surface area contributed by atoms with Crippen molar-refractivity contribution < 1.29 is 9.59 Å². The average molecular weight is 435 g/mol. The zero-order valence-corrected chi connectivity index (χ0v) is 17.2. The Morgan fingerprint density at radius 1 is 1.21 bits per heavy atom. The van der Waals surface area contributed by atoms with Crippen LogP contribution in [0.25, 0.3) is 0 Å². The van der Waals surface area contributed by atoms with Gasteiger partial charge in [0.1, 0.15) is 5.69 Å². The lowest BCUT2D eigenvalue weighted by Crippen LogP contribution is -2.24. The summed E-state index contributed by atoms with van der Waals surface area (Å²) in [4.78, 5) is 34.5. The maximum Gasteiger partial charge on any atom is 0.270 e. The van der Waals surface area contributed by atoms with Crippen LogP contribution in [0.1, 0.15) is 25.9 Å². The first-order valence-electron chi connectivity index (χ1n) is 8.27. The fourth-order valence-electron chi connectivity index (χ4n) is 2.49. The molecule has 3 aromatic rings. The fourth-order valence-corrected chi connectivity index (χ4v) is 3.74. The fraction of sp³-hybridized carbons (Fsp3) is 0.158. The van der Waals surface area contributed by atoms with Crippen LogP contribution in [0, 0.1) is 6.92 Å². The third-order valence-corrected chi connectivity index (χ3v) is 5.30. The molecule has 0 spiro atoms. The second-order valence-electron chi connectivity index (χ2n) is 5.91. The number of aromatic nitrogens is 2. The van der Waals surface area contributed by atoms with Crippen molar-refractivity contribution in [2.45, 2.75) is 20.0 Å². The molecular weight excluding hydrogens is 419 g/mol. The number of anilines is 1. The van der Waals surface area contributed by atoms with E-state index >= 15 is 0 Å². The van der Waals surface area contributed by atoms with Gasteiger partial charge in [-0.05, 0) is 36.8 Å². The highest BCUT2D eigenvalue weighted by Crippen LogP contribution is 2.29. The van der Waals surface area contributed by atoms with Crippen molar-refractivity contribution >= 4 is 52.5 Å². The molecule has 0 aliphatic carbocycles. The van der Waals surface area contributed by atoms with Crippen LogP contribution in [-0.2, 0) is 17.9 Å². The molecule has 0 bridgehead atoms. The Hall–Kier alpha value is -2.48. The third-order valence-electron chi connectivity index (χ3n) is 3.85. The monoisotopic (exact) mass is 434 g/mol. The number of carbonyl (C=O) groups excluding carboxylic acids is 2. The Morgan fingerprint density at radius 3 is 2.64 bits per heavy atom. The summed E-state index contributed by atoms with van der Waals surface area (Å²) in [7, 11) is 0. The van der Waals surface area contributed by atoms with Crippen molar-refractivity contribution in [2.75, 3.05) is 4.90 Å². The molecule has 9 heteroatoms. The van der Waals surface area contributed by atoms with Crippen LogP contribution in [0.5, 0.6) is 0 Å². The Balaban J connectivity index is 1.64. The first kappa shape index (κ1) is 20.3. The summed E-state index contributed by atoms with van der Waals surface area (Å²) < 4.78 is 0. The molecule has 28 heavy (non-hydrogen) atoms. The van der Waals surface area contributed by atoms with Gasteiger partial charge in [-0.1, -0.05) is 29.3 Å². The molecule has 2 heterocycles. The lowest BCUT2D eigenvalue weighted by atomic mass is 10.2. The van der Waals surface area contributed by atoms with Gasteiger partial charge in [-0.3, -0.25) is 14.6 Å². The van der Waals surface area contributed by atoms with Gasteiger partial charge in [-0.15, -0.1) is 11.3 Å². The highest BCUT2D eigenvalue weighted by molar-refractivity contribution is 7.11. The van der Waals surface area contributed by atoms with E-state index in [0.29, 0.717) is 34.4 Å². The van der Waals surface area contributed by atoms with Gasteiger partial charge in [0.2, 0.25) is 6.41 Å². The van der Waals surface area contributed by atoms with Crippen molar-refractivity contribution in [1.29, 1.82) is 0 Å². The third kappa shape index (κ3) is 5.07. The lowest BCUT2D eigenvalue weighted by molar-refractivity contribution is -0.107. The predicted molar refractivity (Wildman–Crippen MR) is 111 cm³/mol. The maximum absolute atomic E-state index is 12.2. The van der Waals surface area contributed by atoms with Crippen LogP contribution in [0.15, 0.2) is 42.7 Å². The largest absolute Gasteiger partial charge is 0.346 e. The molecule has 0 aliphatic rings. The Bertz CT molecular complexity index is 992. The first-order valence-corrected chi connectivity index (χ1v) is 9.85. The summed E-state index contributed by atoms with van der Waals surface area (Å²) in [5.74, 6) is -0.273. The van der Waals surface area contributed by atoms with Gasteiger partial charge in [-0.25, -0.2) is 4.98 Å². The molecule has 0 fully saturated rings. The van der Waals surface area contributed by atoms with E-state index in [2.05, 4.69) is 15.3 Å². The number of pyridine rings is 1. The highest BCUT2D eigenvalue weighted by Gasteiger charge is 2.13. The Kier molecular flexibility index (Phi) is 6.61. The van der Waals surface area contributed by atoms with E-state index in [1.807, 2.05) is 6.92 Å². The zero-order valence-electron chi connectivity index (χ0n) is 14.9. The minimum Gasteiger partial charge on any atom is -0.346 e. The Morgan fingerprint density at radius 2 is 2.04 bits per heavy atom. The van der Waals surface area contributed by atoms with Crippen molar-refractivity contribution in [3.8, 4) is 0 Å². The van der Waals surface area contributed by atoms with Gasteiger partial charge in [0.15, 0.2) is 0 Å². The number of hydrogen-bond acceptors (Lipinski definition) is 5. The summed E-state index contributed by atoms with van der Waals surface area (Å²) in [6.45, 7) is 2.58. The molecule has 0 atom stereocenters. The smallest absolute Gasteiger partial charge is 0.270 e. The number of hydrogen-bond donors (Lipinski definition) is 1. The number of nitrogens with one attached hydrogen (secondary N) is 1. The number of benzene rings is 1. The maximum atomic E-state index is 12.2. The second-order valence-corrected chi connectivity index (χ2v) is 8.07. The predicted octanol–water partition coefficient (Wildman–Crippen LogP) is 4.25. The van der Waals surface area contributed by atoms with E-state index < -0.39 is 0 Å². The average Bonchev–Trinajstić information content (AvgIpc) is 3.10. The molecule has 144 valence electrons. The van der Waals surface area contributed by atoms with Crippen molar-refractivity contribution in [1.82, 2.24) is 15.3 Å². The molecule has 1 aromatic carbocycles. The summed E-state index contributed by atoms with van der Waals surface area (Å²) in [6, 6.07) is 8.28. The number of carbonyl (C=O) groups is 2. The van der Waals surface area contributed by atoms with Crippen molar-refractivity contribution in [2.24, 2.45) is 0 Å². The highest BCUT2D eigenvalue weighted by atomic mass is 35.5. The first-order chi connectivity index (χ1) is 13.5. The number of rotatable bonds is 7. The van der Waals surface area contributed by atoms with Crippen LogP contribution < -0.4 is 10.2 Å². The van der Waals surface area contributed by atoms with Crippen LogP contribution in [0.3, 0.4) is 0 Å². The SMILES string of the molecule is Cc1ncc(CNC(=O)c2ccc(CN(C=O)c3ccc(Cl)cc3Cl)cn2)s1. The van der Waals surface area contributed by atoms with Crippen LogP contribution in [0.2, 0.25) is 10.0 Å². The molecule has 0 radical (unpaired) electrons. The normalized spacial score (nSPS) is 10.5. The van der Waals surface area contributed by atoms with E-state index in [4.69, 9.17) is 23.2 Å². The molecule has 0 aliphatic heterocycles. The molecule has 1 N–H and O–H groups in total. The van der Waals surface area contributed by atoms with Crippen LogP contribution >= 0.6 is 34.5 Å². The summed E-state index contributed by atoms with van der Waals surface area (Å²) in [6.07, 6.45) is 3.99. The summed E-state index contributed by atoms with van der Waals surface area (Å²) >= 11 is 13.6. The van der Waals surface area contributed by atoms with Gasteiger partial charge < -0.3 is 10.2 Å². The van der Waals surface area contributed by atoms with E-state index in [1.54, 1.807) is 42.7 Å². The zero-order chi connectivity index (χ0) is 20.1. The van der Waals surface area contributed by atoms with Gasteiger partial charge in [-0.2, -0.15) is 0 Å². The number of nitrogens with zero attached hydrogens (tertiary/aromatic N) is 3. The van der Waals surface area contributed by atoms with E-state index in [1.165, 1.54) is 16.2 Å². The number of aryl methyl sites for hydroxylation is 1. The number of thiazole rings is 1. The quantitative estimate of drug-likeness (QED) is 0.564. The minimum atomic E-state index is -0.273. The minimum absolute atomic E-state index is 0.264. The standard InChI is InChI=1S/C19H16Cl2N4O2S/c1-12-22-8-15(28-12)9-24-19(27)17-4-2-13(7-23-17)10-25(11-26)18-5-3-14(20)6-16(18)21/h2-8,11H,9-10H2,1H3,(H,24,27). The van der Waals surface area contributed by atoms with Crippen LogP contribution in [0.4, 0.5) is 5.69 Å². The summed E-state index contributed by atoms with van der Waals surface area (Å²) in [5, 5.41) is 4.63.